The van der Waals surface area contributed by atoms with Crippen molar-refractivity contribution in [3.63, 3.8) is 0 Å². The first kappa shape index (κ1) is 6.99. The lowest BCUT2D eigenvalue weighted by Gasteiger charge is -2.28. The summed E-state index contributed by atoms with van der Waals surface area (Å²) in [5.41, 5.74) is 0. The van der Waals surface area contributed by atoms with Gasteiger partial charge in [0.2, 0.25) is 0 Å². The molecular weight excluding hydrogens is 120 g/mol. The van der Waals surface area contributed by atoms with E-state index in [9.17, 15) is 5.26 Å². The molecule has 0 bridgehead atoms. The van der Waals surface area contributed by atoms with Gasteiger partial charge in [-0.15, -0.1) is 0 Å². The van der Waals surface area contributed by atoms with Gasteiger partial charge in [0, 0.05) is 19.4 Å². The summed E-state index contributed by atoms with van der Waals surface area (Å²) in [4.78, 5) is 0. The number of aliphatic hydroxyl groups is 1. The Balaban J connectivity index is 2.18. The fourth-order valence-corrected chi connectivity index (χ4v) is 1.03. The third-order valence-corrected chi connectivity index (χ3v) is 1.77. The van der Waals surface area contributed by atoms with E-state index in [0.29, 0.717) is 19.1 Å². The molecule has 1 fully saturated rings. The SMILES string of the molecule is [O-][O+]1CCC(CO)CC1. The Hall–Kier alpha value is -0.120. The summed E-state index contributed by atoms with van der Waals surface area (Å²) in [6.45, 7) is 1.27. The van der Waals surface area contributed by atoms with Crippen molar-refractivity contribution in [2.75, 3.05) is 19.8 Å². The molecule has 0 amide bonds. The number of hydrogen-bond acceptors (Lipinski definition) is 2. The minimum absolute atomic E-state index is 0.231. The Morgan fingerprint density at radius 1 is 1.44 bits per heavy atom. The molecule has 1 saturated heterocycles. The predicted molar refractivity (Wildman–Crippen MR) is 30.6 cm³/mol. The van der Waals surface area contributed by atoms with E-state index in [4.69, 9.17) is 5.11 Å². The third kappa shape index (κ3) is 1.93. The second-order valence-electron chi connectivity index (χ2n) is 2.47. The van der Waals surface area contributed by atoms with Crippen LogP contribution >= 0.6 is 0 Å². The third-order valence-electron chi connectivity index (χ3n) is 1.77. The zero-order valence-corrected chi connectivity index (χ0v) is 5.38. The quantitative estimate of drug-likeness (QED) is 0.375. The first-order valence-corrected chi connectivity index (χ1v) is 3.28. The summed E-state index contributed by atoms with van der Waals surface area (Å²) in [5, 5.41) is 19.1. The minimum atomic E-state index is 0.231. The van der Waals surface area contributed by atoms with Gasteiger partial charge in [0.15, 0.2) is 13.2 Å². The van der Waals surface area contributed by atoms with Gasteiger partial charge in [-0.3, -0.25) is 0 Å². The molecule has 1 N–H and O–H groups in total. The van der Waals surface area contributed by atoms with Crippen LogP contribution in [0.3, 0.4) is 0 Å². The maximum atomic E-state index is 10.5. The molecule has 1 heterocycles. The molecule has 0 radical (unpaired) electrons. The minimum Gasteiger partial charge on any atom is -0.534 e. The summed E-state index contributed by atoms with van der Waals surface area (Å²) >= 11 is 0. The Morgan fingerprint density at radius 2 is 2.00 bits per heavy atom. The highest BCUT2D eigenvalue weighted by molar-refractivity contribution is 4.61. The fraction of sp³-hybridized carbons (Fsp3) is 1.00. The lowest BCUT2D eigenvalue weighted by molar-refractivity contribution is -0.798. The normalized spacial score (nSPS) is 24.7. The molecule has 1 aliphatic rings. The van der Waals surface area contributed by atoms with Crippen LogP contribution in [0.1, 0.15) is 12.8 Å². The first-order chi connectivity index (χ1) is 4.33. The first-order valence-electron chi connectivity index (χ1n) is 3.28. The van der Waals surface area contributed by atoms with Crippen LogP contribution in [0.25, 0.3) is 0 Å². The summed E-state index contributed by atoms with van der Waals surface area (Å²) in [7, 11) is 0. The van der Waals surface area contributed by atoms with Gasteiger partial charge < -0.3 is 14.9 Å². The van der Waals surface area contributed by atoms with Gasteiger partial charge in [-0.1, -0.05) is 0 Å². The Labute approximate surface area is 54.5 Å². The van der Waals surface area contributed by atoms with Gasteiger partial charge in [0.1, 0.15) is 0 Å². The summed E-state index contributed by atoms with van der Waals surface area (Å²) in [6, 6.07) is 0. The van der Waals surface area contributed by atoms with E-state index in [1.807, 2.05) is 0 Å². The highest BCUT2D eigenvalue weighted by Crippen LogP contribution is 2.15. The van der Waals surface area contributed by atoms with Crippen LogP contribution in [0.15, 0.2) is 0 Å². The van der Waals surface area contributed by atoms with Crippen LogP contribution < -0.4 is 5.26 Å². The van der Waals surface area contributed by atoms with Gasteiger partial charge in [-0.25, -0.2) is 0 Å². The summed E-state index contributed by atoms with van der Waals surface area (Å²) < 4.78 is 1.76. The van der Waals surface area contributed by atoms with E-state index >= 15 is 0 Å². The lowest BCUT2D eigenvalue weighted by atomic mass is 10.0. The highest BCUT2D eigenvalue weighted by atomic mass is 17.2. The molecule has 0 unspecified atom stereocenters. The zero-order chi connectivity index (χ0) is 6.69. The van der Waals surface area contributed by atoms with Gasteiger partial charge in [0.05, 0.1) is 0 Å². The van der Waals surface area contributed by atoms with E-state index < -0.39 is 0 Å². The van der Waals surface area contributed by atoms with Crippen molar-refractivity contribution in [1.29, 1.82) is 0 Å². The van der Waals surface area contributed by atoms with Crippen LogP contribution in [0.5, 0.6) is 0 Å². The Bertz CT molecular complexity index is 76.4. The molecule has 54 valence electrons. The smallest absolute Gasteiger partial charge is 0.151 e. The molecular formula is C6H12O3. The fourth-order valence-electron chi connectivity index (χ4n) is 1.03. The van der Waals surface area contributed by atoms with E-state index in [2.05, 4.69) is 0 Å². The molecule has 1 aliphatic heterocycles. The Kier molecular flexibility index (Phi) is 2.45. The van der Waals surface area contributed by atoms with Crippen molar-refractivity contribution >= 4 is 0 Å². The molecule has 0 aromatic heterocycles. The van der Waals surface area contributed by atoms with Crippen molar-refractivity contribution < 1.29 is 14.9 Å². The molecule has 0 saturated carbocycles. The maximum absolute atomic E-state index is 10.5. The molecule has 0 aromatic carbocycles. The van der Waals surface area contributed by atoms with Crippen molar-refractivity contribution in [3.8, 4) is 0 Å². The van der Waals surface area contributed by atoms with Gasteiger partial charge >= 0.3 is 0 Å². The molecule has 1 rings (SSSR count). The van der Waals surface area contributed by atoms with E-state index in [1.165, 1.54) is 0 Å². The van der Waals surface area contributed by atoms with Gasteiger partial charge in [-0.05, 0) is 5.92 Å². The standard InChI is InChI=1S/C6H12O3/c7-5-6-1-3-9(8)4-2-6/h6-7H,1-5H2. The molecule has 3 nitrogen and oxygen atoms in total. The Morgan fingerprint density at radius 3 is 2.44 bits per heavy atom. The van der Waals surface area contributed by atoms with Crippen LogP contribution in [0, 0.1) is 5.92 Å². The van der Waals surface area contributed by atoms with E-state index in [-0.39, 0.29) is 6.61 Å². The predicted octanol–water partition coefficient (Wildman–Crippen LogP) is -0.784. The molecule has 0 atom stereocenters. The van der Waals surface area contributed by atoms with Crippen molar-refractivity contribution in [2.45, 2.75) is 12.8 Å². The molecule has 3 heteroatoms. The molecule has 9 heavy (non-hydrogen) atoms. The number of rotatable bonds is 1. The van der Waals surface area contributed by atoms with Crippen LogP contribution in [0.2, 0.25) is 0 Å². The van der Waals surface area contributed by atoms with Crippen molar-refractivity contribution in [1.82, 2.24) is 0 Å². The second kappa shape index (κ2) is 3.15. The van der Waals surface area contributed by atoms with E-state index in [0.717, 1.165) is 12.8 Å². The van der Waals surface area contributed by atoms with Crippen molar-refractivity contribution in [3.05, 3.63) is 0 Å². The van der Waals surface area contributed by atoms with Crippen LogP contribution in [-0.2, 0) is 4.52 Å². The molecule has 0 aliphatic carbocycles. The average molecular weight is 132 g/mol. The maximum Gasteiger partial charge on any atom is 0.151 e. The highest BCUT2D eigenvalue weighted by Gasteiger charge is 2.17. The summed E-state index contributed by atoms with van der Waals surface area (Å²) in [6.07, 6.45) is 1.65. The van der Waals surface area contributed by atoms with E-state index in [1.54, 1.807) is 4.52 Å². The largest absolute Gasteiger partial charge is 0.534 e. The second-order valence-corrected chi connectivity index (χ2v) is 2.47. The average Bonchev–Trinajstić information content (AvgIpc) is 1.90. The van der Waals surface area contributed by atoms with Crippen LogP contribution in [0.4, 0.5) is 0 Å². The van der Waals surface area contributed by atoms with Gasteiger partial charge in [0.25, 0.3) is 0 Å². The number of hydrogen-bond donors (Lipinski definition) is 1. The molecule has 0 aromatic rings. The topological polar surface area (TPSA) is 46.0 Å². The van der Waals surface area contributed by atoms with Gasteiger partial charge in [-0.2, -0.15) is 0 Å². The summed E-state index contributed by atoms with van der Waals surface area (Å²) in [5.74, 6) is 0.364. The van der Waals surface area contributed by atoms with Crippen LogP contribution in [-0.4, -0.2) is 24.9 Å². The van der Waals surface area contributed by atoms with Crippen molar-refractivity contribution in [2.24, 2.45) is 5.92 Å². The molecule has 0 spiro atoms. The lowest BCUT2D eigenvalue weighted by Crippen LogP contribution is -2.35. The zero-order valence-electron chi connectivity index (χ0n) is 5.38. The monoisotopic (exact) mass is 132 g/mol. The number of aliphatic hydroxyl groups excluding tert-OH is 1.